The van der Waals surface area contributed by atoms with Gasteiger partial charge in [0.25, 0.3) is 0 Å². The summed E-state index contributed by atoms with van der Waals surface area (Å²) < 4.78 is 7.52. The van der Waals surface area contributed by atoms with Crippen molar-refractivity contribution < 1.29 is 4.74 Å². The molecular weight excluding hydrogens is 236 g/mol. The predicted octanol–water partition coefficient (Wildman–Crippen LogP) is 3.05. The maximum absolute atomic E-state index is 5.19. The van der Waals surface area contributed by atoms with Crippen LogP contribution in [0.1, 0.15) is 19.8 Å². The molecule has 1 unspecified atom stereocenters. The SMILES string of the molecule is CCC(COC)NCCCn1ccc2ccccc21. The molecule has 0 aliphatic heterocycles. The molecule has 1 aromatic carbocycles. The van der Waals surface area contributed by atoms with Crippen LogP contribution in [-0.2, 0) is 11.3 Å². The molecule has 3 heteroatoms. The smallest absolute Gasteiger partial charge is 0.0615 e. The number of para-hydroxylation sites is 1. The van der Waals surface area contributed by atoms with Gasteiger partial charge in [-0.3, -0.25) is 0 Å². The summed E-state index contributed by atoms with van der Waals surface area (Å²) in [5.74, 6) is 0. The van der Waals surface area contributed by atoms with Crippen molar-refractivity contribution in [1.82, 2.24) is 9.88 Å². The third kappa shape index (κ3) is 3.82. The van der Waals surface area contributed by atoms with Crippen molar-refractivity contribution >= 4 is 10.9 Å². The van der Waals surface area contributed by atoms with Crippen LogP contribution in [-0.4, -0.2) is 30.9 Å². The lowest BCUT2D eigenvalue weighted by molar-refractivity contribution is 0.164. The third-order valence-corrected chi connectivity index (χ3v) is 3.55. The van der Waals surface area contributed by atoms with Crippen molar-refractivity contribution in [2.45, 2.75) is 32.4 Å². The molecule has 1 aromatic heterocycles. The maximum atomic E-state index is 5.19. The Morgan fingerprint density at radius 3 is 2.89 bits per heavy atom. The van der Waals surface area contributed by atoms with E-state index in [2.05, 4.69) is 53.3 Å². The van der Waals surface area contributed by atoms with E-state index < -0.39 is 0 Å². The number of fused-ring (bicyclic) bond motifs is 1. The van der Waals surface area contributed by atoms with Gasteiger partial charge in [-0.05, 0) is 36.9 Å². The third-order valence-electron chi connectivity index (χ3n) is 3.55. The van der Waals surface area contributed by atoms with E-state index in [4.69, 9.17) is 4.74 Å². The van der Waals surface area contributed by atoms with Crippen LogP contribution in [0.15, 0.2) is 36.5 Å². The molecule has 104 valence electrons. The standard InChI is InChI=1S/C16H24N2O/c1-3-15(13-19-2)17-10-6-11-18-12-9-14-7-4-5-8-16(14)18/h4-5,7-9,12,15,17H,3,6,10-11,13H2,1-2H3. The highest BCUT2D eigenvalue weighted by Crippen LogP contribution is 2.15. The Kier molecular flexibility index (Phi) is 5.43. The van der Waals surface area contributed by atoms with Crippen LogP contribution in [0.3, 0.4) is 0 Å². The van der Waals surface area contributed by atoms with Crippen LogP contribution in [0.5, 0.6) is 0 Å². The maximum Gasteiger partial charge on any atom is 0.0615 e. The van der Waals surface area contributed by atoms with Crippen LogP contribution in [0.2, 0.25) is 0 Å². The lowest BCUT2D eigenvalue weighted by Crippen LogP contribution is -2.33. The number of aromatic nitrogens is 1. The van der Waals surface area contributed by atoms with E-state index >= 15 is 0 Å². The second-order valence-electron chi connectivity index (χ2n) is 4.94. The van der Waals surface area contributed by atoms with Crippen molar-refractivity contribution in [2.75, 3.05) is 20.3 Å². The minimum Gasteiger partial charge on any atom is -0.383 e. The zero-order valence-corrected chi connectivity index (χ0v) is 11.9. The molecule has 3 nitrogen and oxygen atoms in total. The van der Waals surface area contributed by atoms with E-state index in [9.17, 15) is 0 Å². The number of rotatable bonds is 8. The summed E-state index contributed by atoms with van der Waals surface area (Å²) in [5.41, 5.74) is 1.33. The van der Waals surface area contributed by atoms with Crippen molar-refractivity contribution in [2.24, 2.45) is 0 Å². The van der Waals surface area contributed by atoms with Crippen molar-refractivity contribution in [3.05, 3.63) is 36.5 Å². The number of methoxy groups -OCH3 is 1. The lowest BCUT2D eigenvalue weighted by atomic mass is 10.2. The van der Waals surface area contributed by atoms with Gasteiger partial charge < -0.3 is 14.6 Å². The number of ether oxygens (including phenoxy) is 1. The Bertz CT molecular complexity index is 492. The summed E-state index contributed by atoms with van der Waals surface area (Å²) in [4.78, 5) is 0. The first-order chi connectivity index (χ1) is 9.35. The topological polar surface area (TPSA) is 26.2 Å². The summed E-state index contributed by atoms with van der Waals surface area (Å²) in [6.45, 7) is 5.08. The highest BCUT2D eigenvalue weighted by atomic mass is 16.5. The van der Waals surface area contributed by atoms with Crippen LogP contribution < -0.4 is 5.32 Å². The Balaban J connectivity index is 1.79. The normalized spacial score (nSPS) is 12.9. The van der Waals surface area contributed by atoms with Gasteiger partial charge in [0.05, 0.1) is 6.61 Å². The van der Waals surface area contributed by atoms with Crippen LogP contribution in [0.25, 0.3) is 10.9 Å². The quantitative estimate of drug-likeness (QED) is 0.738. The summed E-state index contributed by atoms with van der Waals surface area (Å²) in [5, 5.41) is 4.86. The molecule has 2 aromatic rings. The Labute approximate surface area is 115 Å². The Hall–Kier alpha value is -1.32. The van der Waals surface area contributed by atoms with E-state index in [1.165, 1.54) is 10.9 Å². The fourth-order valence-electron chi connectivity index (χ4n) is 2.41. The summed E-state index contributed by atoms with van der Waals surface area (Å²) in [6.07, 6.45) is 4.43. The fourth-order valence-corrected chi connectivity index (χ4v) is 2.41. The Morgan fingerprint density at radius 2 is 2.11 bits per heavy atom. The van der Waals surface area contributed by atoms with Gasteiger partial charge in [0.2, 0.25) is 0 Å². The van der Waals surface area contributed by atoms with Crippen molar-refractivity contribution in [3.63, 3.8) is 0 Å². The number of hydrogen-bond donors (Lipinski definition) is 1. The molecule has 2 rings (SSSR count). The van der Waals surface area contributed by atoms with Gasteiger partial charge in [0, 0.05) is 31.4 Å². The van der Waals surface area contributed by atoms with E-state index in [1.54, 1.807) is 7.11 Å². The molecule has 0 spiro atoms. The largest absolute Gasteiger partial charge is 0.383 e. The molecule has 1 heterocycles. The number of nitrogens with one attached hydrogen (secondary N) is 1. The van der Waals surface area contributed by atoms with Gasteiger partial charge in [-0.2, -0.15) is 0 Å². The average molecular weight is 260 g/mol. The van der Waals surface area contributed by atoms with E-state index in [0.717, 1.165) is 32.5 Å². The summed E-state index contributed by atoms with van der Waals surface area (Å²) >= 11 is 0. The molecule has 0 aliphatic carbocycles. The Morgan fingerprint density at radius 1 is 1.26 bits per heavy atom. The highest BCUT2D eigenvalue weighted by molar-refractivity contribution is 5.79. The summed E-state index contributed by atoms with van der Waals surface area (Å²) in [7, 11) is 1.76. The second kappa shape index (κ2) is 7.31. The molecular formula is C16H24N2O. The zero-order valence-electron chi connectivity index (χ0n) is 11.9. The number of nitrogens with zero attached hydrogens (tertiary/aromatic N) is 1. The minimum absolute atomic E-state index is 0.478. The van der Waals surface area contributed by atoms with E-state index in [1.807, 2.05) is 0 Å². The fraction of sp³-hybridized carbons (Fsp3) is 0.500. The molecule has 0 bridgehead atoms. The summed E-state index contributed by atoms with van der Waals surface area (Å²) in [6, 6.07) is 11.2. The first kappa shape index (κ1) is 14.1. The molecule has 1 N–H and O–H groups in total. The predicted molar refractivity (Wildman–Crippen MR) is 80.5 cm³/mol. The zero-order chi connectivity index (χ0) is 13.5. The molecule has 19 heavy (non-hydrogen) atoms. The molecule has 0 aliphatic rings. The van der Waals surface area contributed by atoms with Gasteiger partial charge in [-0.25, -0.2) is 0 Å². The molecule has 0 saturated carbocycles. The molecule has 0 fully saturated rings. The highest BCUT2D eigenvalue weighted by Gasteiger charge is 2.04. The van der Waals surface area contributed by atoms with Gasteiger partial charge >= 0.3 is 0 Å². The van der Waals surface area contributed by atoms with Gasteiger partial charge in [-0.15, -0.1) is 0 Å². The van der Waals surface area contributed by atoms with Crippen LogP contribution in [0.4, 0.5) is 0 Å². The number of aryl methyl sites for hydroxylation is 1. The number of hydrogen-bond acceptors (Lipinski definition) is 2. The van der Waals surface area contributed by atoms with E-state index in [0.29, 0.717) is 6.04 Å². The second-order valence-corrected chi connectivity index (χ2v) is 4.94. The first-order valence-electron chi connectivity index (χ1n) is 7.11. The van der Waals surface area contributed by atoms with Crippen molar-refractivity contribution in [1.29, 1.82) is 0 Å². The number of benzene rings is 1. The van der Waals surface area contributed by atoms with Crippen molar-refractivity contribution in [3.8, 4) is 0 Å². The molecule has 0 radical (unpaired) electrons. The molecule has 0 saturated heterocycles. The van der Waals surface area contributed by atoms with Gasteiger partial charge in [0.15, 0.2) is 0 Å². The van der Waals surface area contributed by atoms with Gasteiger partial charge in [0.1, 0.15) is 0 Å². The molecule has 1 atom stereocenters. The van der Waals surface area contributed by atoms with Gasteiger partial charge in [-0.1, -0.05) is 25.1 Å². The minimum atomic E-state index is 0.478. The lowest BCUT2D eigenvalue weighted by Gasteiger charge is -2.16. The monoisotopic (exact) mass is 260 g/mol. The van der Waals surface area contributed by atoms with Crippen LogP contribution in [0, 0.1) is 0 Å². The first-order valence-corrected chi connectivity index (χ1v) is 7.11. The van der Waals surface area contributed by atoms with E-state index in [-0.39, 0.29) is 0 Å². The van der Waals surface area contributed by atoms with Crippen LogP contribution >= 0.6 is 0 Å². The average Bonchev–Trinajstić information content (AvgIpc) is 2.85. The molecule has 0 amide bonds.